The Morgan fingerprint density at radius 1 is 1.50 bits per heavy atom. The molecule has 0 radical (unpaired) electrons. The van der Waals surface area contributed by atoms with E-state index < -0.39 is 0 Å². The zero-order valence-corrected chi connectivity index (χ0v) is 8.02. The number of rotatable bonds is 1. The third-order valence-corrected chi connectivity index (χ3v) is 2.70. The minimum atomic E-state index is 0.615. The molecule has 1 heteroatoms. The summed E-state index contributed by atoms with van der Waals surface area (Å²) in [6.07, 6.45) is 3.32. The SMILES string of the molecule is CC1=C2CCN(C(C)C)C2=C=C1. The number of hydrogen-bond acceptors (Lipinski definition) is 1. The highest BCUT2D eigenvalue weighted by Crippen LogP contribution is 2.34. The summed E-state index contributed by atoms with van der Waals surface area (Å²) in [5.74, 6) is 0. The molecular formula is C11H15N. The van der Waals surface area contributed by atoms with Crippen molar-refractivity contribution in [3.8, 4) is 0 Å². The van der Waals surface area contributed by atoms with E-state index >= 15 is 0 Å². The van der Waals surface area contributed by atoms with Gasteiger partial charge >= 0.3 is 0 Å². The van der Waals surface area contributed by atoms with Crippen LogP contribution >= 0.6 is 0 Å². The molecule has 0 bridgehead atoms. The van der Waals surface area contributed by atoms with Crippen LogP contribution in [0.3, 0.4) is 0 Å². The molecule has 1 aliphatic heterocycles. The van der Waals surface area contributed by atoms with Crippen LogP contribution < -0.4 is 0 Å². The topological polar surface area (TPSA) is 3.24 Å². The molecule has 2 aliphatic rings. The molecule has 0 saturated carbocycles. The molecule has 0 amide bonds. The van der Waals surface area contributed by atoms with Crippen molar-refractivity contribution in [3.63, 3.8) is 0 Å². The fourth-order valence-corrected chi connectivity index (χ4v) is 1.97. The van der Waals surface area contributed by atoms with Gasteiger partial charge in [0.1, 0.15) is 0 Å². The van der Waals surface area contributed by atoms with Gasteiger partial charge in [0, 0.05) is 12.6 Å². The van der Waals surface area contributed by atoms with Gasteiger partial charge in [-0.3, -0.25) is 0 Å². The van der Waals surface area contributed by atoms with E-state index in [0.717, 1.165) is 0 Å². The Morgan fingerprint density at radius 3 is 2.92 bits per heavy atom. The Hall–Kier alpha value is -0.940. The summed E-state index contributed by atoms with van der Waals surface area (Å²) in [7, 11) is 0. The van der Waals surface area contributed by atoms with Gasteiger partial charge in [-0.25, -0.2) is 0 Å². The Balaban J connectivity index is 2.33. The average Bonchev–Trinajstić information content (AvgIpc) is 2.53. The minimum absolute atomic E-state index is 0.615. The van der Waals surface area contributed by atoms with E-state index in [1.165, 1.54) is 29.8 Å². The van der Waals surface area contributed by atoms with E-state index in [4.69, 9.17) is 0 Å². The van der Waals surface area contributed by atoms with Crippen molar-refractivity contribution in [1.29, 1.82) is 0 Å². The molecule has 0 aromatic carbocycles. The Bertz CT molecular complexity index is 301. The number of nitrogens with zero attached hydrogens (tertiary/aromatic N) is 1. The fraction of sp³-hybridized carbons (Fsp3) is 0.545. The largest absolute Gasteiger partial charge is 0.362 e. The zero-order valence-electron chi connectivity index (χ0n) is 8.02. The zero-order chi connectivity index (χ0) is 8.72. The van der Waals surface area contributed by atoms with Crippen molar-refractivity contribution in [2.75, 3.05) is 6.54 Å². The van der Waals surface area contributed by atoms with Crippen molar-refractivity contribution >= 4 is 0 Å². The summed E-state index contributed by atoms with van der Waals surface area (Å²) in [5.41, 5.74) is 7.62. The summed E-state index contributed by atoms with van der Waals surface area (Å²) in [4.78, 5) is 2.43. The first-order valence-corrected chi connectivity index (χ1v) is 4.63. The molecule has 0 aromatic rings. The van der Waals surface area contributed by atoms with Gasteiger partial charge < -0.3 is 4.90 Å². The highest BCUT2D eigenvalue weighted by atomic mass is 15.2. The van der Waals surface area contributed by atoms with Crippen molar-refractivity contribution < 1.29 is 0 Å². The number of allylic oxidation sites excluding steroid dienone is 2. The quantitative estimate of drug-likeness (QED) is 0.534. The molecule has 0 unspecified atom stereocenters. The third-order valence-electron chi connectivity index (χ3n) is 2.70. The lowest BCUT2D eigenvalue weighted by molar-refractivity contribution is 0.326. The van der Waals surface area contributed by atoms with Gasteiger partial charge in [-0.1, -0.05) is 5.73 Å². The monoisotopic (exact) mass is 161 g/mol. The van der Waals surface area contributed by atoms with Gasteiger partial charge in [-0.2, -0.15) is 0 Å². The van der Waals surface area contributed by atoms with Crippen LogP contribution in [0.4, 0.5) is 0 Å². The van der Waals surface area contributed by atoms with E-state index in [1.54, 1.807) is 0 Å². The van der Waals surface area contributed by atoms with Gasteiger partial charge in [-0.05, 0) is 44.4 Å². The van der Waals surface area contributed by atoms with Crippen LogP contribution in [0, 0.1) is 0 Å². The van der Waals surface area contributed by atoms with Gasteiger partial charge in [0.15, 0.2) is 0 Å². The van der Waals surface area contributed by atoms with Crippen LogP contribution in [0.2, 0.25) is 0 Å². The van der Waals surface area contributed by atoms with Crippen LogP contribution in [0.25, 0.3) is 0 Å². The predicted octanol–water partition coefficient (Wildman–Crippen LogP) is 2.47. The highest BCUT2D eigenvalue weighted by Gasteiger charge is 2.26. The second-order valence-corrected chi connectivity index (χ2v) is 3.84. The van der Waals surface area contributed by atoms with Crippen LogP contribution in [-0.2, 0) is 0 Å². The molecule has 0 aromatic heterocycles. The maximum absolute atomic E-state index is 3.34. The minimum Gasteiger partial charge on any atom is -0.362 e. The molecule has 1 heterocycles. The molecule has 0 spiro atoms. The summed E-state index contributed by atoms with van der Waals surface area (Å²) in [5, 5.41) is 0. The molecule has 0 atom stereocenters. The second-order valence-electron chi connectivity index (χ2n) is 3.84. The van der Waals surface area contributed by atoms with Crippen LogP contribution in [-0.4, -0.2) is 17.5 Å². The lowest BCUT2D eigenvalue weighted by Crippen LogP contribution is -2.25. The standard InChI is InChI=1S/C11H15N/c1-8(2)12-7-6-10-9(3)4-5-11(10)12/h4,8H,6-7H2,1-3H3. The van der Waals surface area contributed by atoms with Gasteiger partial charge in [0.05, 0.1) is 5.70 Å². The third kappa shape index (κ3) is 0.937. The number of fused-ring (bicyclic) bond motifs is 1. The number of hydrogen-bond donors (Lipinski definition) is 0. The van der Waals surface area contributed by atoms with Gasteiger partial charge in [-0.15, -0.1) is 0 Å². The first-order valence-electron chi connectivity index (χ1n) is 4.63. The van der Waals surface area contributed by atoms with Gasteiger partial charge in [0.2, 0.25) is 0 Å². The van der Waals surface area contributed by atoms with E-state index in [2.05, 4.69) is 37.5 Å². The van der Waals surface area contributed by atoms with Crippen molar-refractivity contribution in [1.82, 2.24) is 4.90 Å². The van der Waals surface area contributed by atoms with E-state index in [9.17, 15) is 0 Å². The summed E-state index contributed by atoms with van der Waals surface area (Å²) < 4.78 is 0. The normalized spacial score (nSPS) is 21.0. The first-order chi connectivity index (χ1) is 5.70. The molecule has 1 aliphatic carbocycles. The summed E-state index contributed by atoms with van der Waals surface area (Å²) in [6.45, 7) is 7.84. The van der Waals surface area contributed by atoms with Crippen molar-refractivity contribution in [2.24, 2.45) is 0 Å². The van der Waals surface area contributed by atoms with Crippen LogP contribution in [0.1, 0.15) is 27.2 Å². The fourth-order valence-electron chi connectivity index (χ4n) is 1.97. The second kappa shape index (κ2) is 2.53. The van der Waals surface area contributed by atoms with Crippen LogP contribution in [0.5, 0.6) is 0 Å². The molecule has 64 valence electrons. The Morgan fingerprint density at radius 2 is 2.25 bits per heavy atom. The maximum atomic E-state index is 3.34. The molecule has 0 N–H and O–H groups in total. The lowest BCUT2D eigenvalue weighted by atomic mass is 10.1. The van der Waals surface area contributed by atoms with E-state index in [1.807, 2.05) is 0 Å². The smallest absolute Gasteiger partial charge is 0.0838 e. The van der Waals surface area contributed by atoms with E-state index in [-0.39, 0.29) is 0 Å². The highest BCUT2D eigenvalue weighted by molar-refractivity contribution is 5.47. The van der Waals surface area contributed by atoms with E-state index in [0.29, 0.717) is 6.04 Å². The van der Waals surface area contributed by atoms with Gasteiger partial charge in [0.25, 0.3) is 0 Å². The molecule has 12 heavy (non-hydrogen) atoms. The molecule has 2 rings (SSSR count). The molecule has 1 saturated heterocycles. The molecular weight excluding hydrogens is 146 g/mol. The summed E-state index contributed by atoms with van der Waals surface area (Å²) >= 11 is 0. The van der Waals surface area contributed by atoms with Crippen LogP contribution in [0.15, 0.2) is 28.7 Å². The molecule has 1 fully saturated rings. The molecule has 1 nitrogen and oxygen atoms in total. The Labute approximate surface area is 74.1 Å². The maximum Gasteiger partial charge on any atom is 0.0838 e. The number of likely N-dealkylation sites (tertiary alicyclic amines) is 1. The summed E-state index contributed by atoms with van der Waals surface area (Å²) in [6, 6.07) is 0.615. The van der Waals surface area contributed by atoms with Crippen molar-refractivity contribution in [3.05, 3.63) is 28.7 Å². The average molecular weight is 161 g/mol. The lowest BCUT2D eigenvalue weighted by Gasteiger charge is -2.22. The Kier molecular flexibility index (Phi) is 1.62. The first kappa shape index (κ1) is 7.70. The van der Waals surface area contributed by atoms with Crippen molar-refractivity contribution in [2.45, 2.75) is 33.2 Å². The predicted molar refractivity (Wildman–Crippen MR) is 50.8 cm³/mol.